The van der Waals surface area contributed by atoms with Gasteiger partial charge in [0.15, 0.2) is 0 Å². The average Bonchev–Trinajstić information content (AvgIpc) is 3.66. The van der Waals surface area contributed by atoms with Crippen molar-refractivity contribution in [1.82, 2.24) is 20.2 Å². The molecule has 316 valence electrons. The number of rotatable bonds is 19. The normalized spacial score (nSPS) is 19.6. The molecule has 0 aliphatic carbocycles. The lowest BCUT2D eigenvalue weighted by Gasteiger charge is -2.39. The molecule has 1 saturated heterocycles. The first-order chi connectivity index (χ1) is 29.1. The van der Waals surface area contributed by atoms with E-state index < -0.39 is 44.8 Å². The first-order valence-electron chi connectivity index (χ1n) is 20.1. The molecule has 4 aromatic rings. The molecule has 2 unspecified atom stereocenters. The molecule has 1 fully saturated rings. The largest absolute Gasteiger partial charge is 0.497 e. The maximum atomic E-state index is 13.8. The van der Waals surface area contributed by atoms with Crippen LogP contribution in [0.4, 0.5) is 4.79 Å². The Morgan fingerprint density at radius 2 is 1.47 bits per heavy atom. The number of methoxy groups -OCH3 is 2. The van der Waals surface area contributed by atoms with Crippen molar-refractivity contribution in [1.29, 1.82) is 5.26 Å². The number of carbonyl (C=O) groups excluding carboxylic acids is 2. The quantitative estimate of drug-likeness (QED) is 0.0541. The van der Waals surface area contributed by atoms with Crippen molar-refractivity contribution in [3.63, 3.8) is 0 Å². The lowest BCUT2D eigenvalue weighted by Crippen LogP contribution is -2.55. The van der Waals surface area contributed by atoms with Gasteiger partial charge in [-0.2, -0.15) is 5.26 Å². The van der Waals surface area contributed by atoms with E-state index in [0.717, 1.165) is 16.7 Å². The minimum Gasteiger partial charge on any atom is -0.497 e. The highest BCUT2D eigenvalue weighted by atomic mass is 31.2. The summed E-state index contributed by atoms with van der Waals surface area (Å²) >= 11 is 0. The second kappa shape index (κ2) is 20.8. The van der Waals surface area contributed by atoms with E-state index in [1.54, 1.807) is 50.8 Å². The van der Waals surface area contributed by atoms with Gasteiger partial charge in [-0.15, -0.1) is 0 Å². The molecule has 14 heteroatoms. The smallest absolute Gasteiger partial charge is 0.325 e. The van der Waals surface area contributed by atoms with Gasteiger partial charge in [0.05, 0.1) is 46.0 Å². The van der Waals surface area contributed by atoms with Gasteiger partial charge < -0.3 is 38.6 Å². The summed E-state index contributed by atoms with van der Waals surface area (Å²) < 4.78 is 40.6. The van der Waals surface area contributed by atoms with Crippen LogP contribution in [0.5, 0.6) is 11.5 Å². The van der Waals surface area contributed by atoms with E-state index in [0.29, 0.717) is 17.1 Å². The predicted molar refractivity (Wildman–Crippen MR) is 229 cm³/mol. The molecule has 0 bridgehead atoms. The molecule has 13 nitrogen and oxygen atoms in total. The molecule has 0 spiro atoms. The number of carbonyl (C=O) groups is 2. The summed E-state index contributed by atoms with van der Waals surface area (Å²) in [4.78, 5) is 28.1. The van der Waals surface area contributed by atoms with Crippen LogP contribution in [-0.2, 0) is 24.1 Å². The number of ether oxygens (including phenoxy) is 4. The minimum absolute atomic E-state index is 0.0355. The third-order valence-electron chi connectivity index (χ3n) is 10.3. The summed E-state index contributed by atoms with van der Waals surface area (Å²) in [5.74, 6) is 1.08. The van der Waals surface area contributed by atoms with E-state index in [1.807, 2.05) is 84.9 Å². The zero-order chi connectivity index (χ0) is 42.6. The fraction of sp³-hybridized carbons (Fsp3) is 0.370. The Labute approximate surface area is 354 Å². The number of benzene rings is 4. The van der Waals surface area contributed by atoms with Gasteiger partial charge in [-0.3, -0.25) is 9.69 Å². The Hall–Kier alpha value is -5.32. The fourth-order valence-corrected chi connectivity index (χ4v) is 9.21. The third kappa shape index (κ3) is 10.3. The van der Waals surface area contributed by atoms with Crippen LogP contribution in [0, 0.1) is 11.3 Å². The first kappa shape index (κ1) is 44.2. The van der Waals surface area contributed by atoms with Crippen molar-refractivity contribution in [3.8, 4) is 17.6 Å². The van der Waals surface area contributed by atoms with Crippen LogP contribution in [0.2, 0.25) is 0 Å². The van der Waals surface area contributed by atoms with E-state index in [-0.39, 0.29) is 44.0 Å². The molecule has 2 aliphatic heterocycles. The van der Waals surface area contributed by atoms with Crippen LogP contribution >= 0.6 is 8.53 Å². The summed E-state index contributed by atoms with van der Waals surface area (Å²) in [5.41, 5.74) is 1.91. The second-order valence-corrected chi connectivity index (χ2v) is 16.3. The highest BCUT2D eigenvalue weighted by Crippen LogP contribution is 2.50. The van der Waals surface area contributed by atoms with Gasteiger partial charge in [0.2, 0.25) is 0 Å². The standard InChI is InChI=1S/C46H54N5O8P/c1-32(2)51(33(3)4)60(57-29-13-27-47)59-40-30-43(50-28-26-42(49-45(50)53)48-44(52)34-14-9-7-10-15-34)58-41(40)31-56-46(35-16-11-8-12-17-35,36-18-22-38(54-5)23-19-36)37-20-24-39(55-6)25-21-37/h7-12,14-26,28,32-33,40-43H,13,29-31H2,1-6H3,(H,48,52)(H,49,53)/t40-,41+,42?,43+,60?/m0/s1. The number of amides is 3. The van der Waals surface area contributed by atoms with Gasteiger partial charge in [0.1, 0.15) is 35.6 Å². The molecule has 0 saturated carbocycles. The highest BCUT2D eigenvalue weighted by Gasteiger charge is 2.46. The van der Waals surface area contributed by atoms with Crippen LogP contribution < -0.4 is 20.1 Å². The molecule has 5 atom stereocenters. The number of urea groups is 1. The van der Waals surface area contributed by atoms with Crippen LogP contribution in [0.15, 0.2) is 121 Å². The maximum absolute atomic E-state index is 13.8. The zero-order valence-electron chi connectivity index (χ0n) is 34.9. The fourth-order valence-electron chi connectivity index (χ4n) is 7.45. The highest BCUT2D eigenvalue weighted by molar-refractivity contribution is 7.44. The molecule has 0 aromatic heterocycles. The van der Waals surface area contributed by atoms with E-state index in [9.17, 15) is 14.9 Å². The molecule has 2 heterocycles. The lowest BCUT2D eigenvalue weighted by atomic mass is 9.80. The van der Waals surface area contributed by atoms with Crippen molar-refractivity contribution in [3.05, 3.63) is 144 Å². The predicted octanol–water partition coefficient (Wildman–Crippen LogP) is 8.08. The monoisotopic (exact) mass is 835 g/mol. The van der Waals surface area contributed by atoms with Crippen LogP contribution in [-0.4, -0.2) is 85.6 Å². The van der Waals surface area contributed by atoms with Gasteiger partial charge in [-0.1, -0.05) is 72.8 Å². The van der Waals surface area contributed by atoms with Crippen molar-refractivity contribution >= 4 is 20.5 Å². The van der Waals surface area contributed by atoms with Gasteiger partial charge in [-0.25, -0.2) is 9.46 Å². The van der Waals surface area contributed by atoms with E-state index in [4.69, 9.17) is 28.0 Å². The van der Waals surface area contributed by atoms with Gasteiger partial charge in [0, 0.05) is 30.3 Å². The van der Waals surface area contributed by atoms with Crippen LogP contribution in [0.25, 0.3) is 0 Å². The van der Waals surface area contributed by atoms with E-state index in [1.165, 1.54) is 4.90 Å². The molecular weight excluding hydrogens is 782 g/mol. The topological polar surface area (TPSA) is 144 Å². The molecule has 4 aromatic carbocycles. The SMILES string of the molecule is COc1ccc(C(OC[C@H]2O[C@@H](N3C=CC(NC(=O)c4ccccc4)NC3=O)C[C@@H]2OP(OCCC#N)N(C(C)C)C(C)C)(c2ccccc2)c2ccc(OC)cc2)cc1. The Kier molecular flexibility index (Phi) is 15.3. The average molecular weight is 836 g/mol. The molecule has 0 radical (unpaired) electrons. The van der Waals surface area contributed by atoms with E-state index >= 15 is 0 Å². The number of hydrogen-bond donors (Lipinski definition) is 2. The molecule has 2 aliphatic rings. The molecule has 60 heavy (non-hydrogen) atoms. The second-order valence-electron chi connectivity index (χ2n) is 14.9. The minimum atomic E-state index is -1.69. The summed E-state index contributed by atoms with van der Waals surface area (Å²) in [6.07, 6.45) is 1.01. The molecule has 3 amide bonds. The Morgan fingerprint density at radius 1 is 0.900 bits per heavy atom. The number of nitrogens with zero attached hydrogens (tertiary/aromatic N) is 3. The van der Waals surface area contributed by atoms with E-state index in [2.05, 4.69) is 49.1 Å². The number of nitrogens with one attached hydrogen (secondary N) is 2. The zero-order valence-corrected chi connectivity index (χ0v) is 35.8. The first-order valence-corrected chi connectivity index (χ1v) is 21.2. The van der Waals surface area contributed by atoms with Gasteiger partial charge in [-0.05, 0) is 86.9 Å². The molecule has 2 N–H and O–H groups in total. The maximum Gasteiger partial charge on any atom is 0.325 e. The Bertz CT molecular complexity index is 2010. The summed E-state index contributed by atoms with van der Waals surface area (Å²) in [5, 5.41) is 15.1. The lowest BCUT2D eigenvalue weighted by molar-refractivity contribution is -0.0959. The van der Waals surface area contributed by atoms with Gasteiger partial charge >= 0.3 is 6.03 Å². The summed E-state index contributed by atoms with van der Waals surface area (Å²) in [6.45, 7) is 8.54. The summed E-state index contributed by atoms with van der Waals surface area (Å²) in [6, 6.07) is 36.2. The van der Waals surface area contributed by atoms with Gasteiger partial charge in [0.25, 0.3) is 14.4 Å². The Morgan fingerprint density at radius 3 is 2.00 bits per heavy atom. The van der Waals surface area contributed by atoms with Crippen molar-refractivity contribution < 1.29 is 37.6 Å². The molecular formula is C46H54N5O8P. The van der Waals surface area contributed by atoms with Crippen molar-refractivity contribution in [2.24, 2.45) is 0 Å². The van der Waals surface area contributed by atoms with Crippen molar-refractivity contribution in [2.75, 3.05) is 27.4 Å². The van der Waals surface area contributed by atoms with Crippen molar-refractivity contribution in [2.45, 2.75) is 82.8 Å². The third-order valence-corrected chi connectivity index (χ3v) is 12.4. The van der Waals surface area contributed by atoms with Crippen LogP contribution in [0.1, 0.15) is 67.6 Å². The number of nitriles is 1. The number of hydrogen-bond acceptors (Lipinski definition) is 10. The Balaban J connectivity index is 1.36. The van der Waals surface area contributed by atoms with Crippen LogP contribution in [0.3, 0.4) is 0 Å². The summed E-state index contributed by atoms with van der Waals surface area (Å²) in [7, 11) is 1.57. The molecule has 6 rings (SSSR count).